The number of amides is 1. The van der Waals surface area contributed by atoms with E-state index in [0.29, 0.717) is 22.2 Å². The number of hydrogen-bond acceptors (Lipinski definition) is 5. The van der Waals surface area contributed by atoms with Crippen molar-refractivity contribution >= 4 is 40.4 Å². The third-order valence-corrected chi connectivity index (χ3v) is 5.74. The third-order valence-electron chi connectivity index (χ3n) is 4.44. The Morgan fingerprint density at radius 1 is 1.30 bits per heavy atom. The lowest BCUT2D eigenvalue weighted by Crippen LogP contribution is -2.35. The molecule has 2 heterocycles. The van der Waals surface area contributed by atoms with Crippen molar-refractivity contribution in [2.75, 3.05) is 20.6 Å². The van der Waals surface area contributed by atoms with E-state index in [1.165, 1.54) is 9.44 Å². The molecule has 0 radical (unpaired) electrons. The predicted octanol–water partition coefficient (Wildman–Crippen LogP) is 2.93. The molecular formula is C19H22N4O2S2. The summed E-state index contributed by atoms with van der Waals surface area (Å²) in [4.78, 5) is 31.3. The Hall–Kier alpha value is -2.29. The SMILES string of the molecule is CN(C)C(CNC(=O)CCn1c(=S)[nH]c2ccccc2c1=O)c1cccs1. The second-order valence-corrected chi connectivity index (χ2v) is 7.85. The van der Waals surface area contributed by atoms with Crippen LogP contribution >= 0.6 is 23.6 Å². The van der Waals surface area contributed by atoms with Gasteiger partial charge in [0.2, 0.25) is 5.91 Å². The van der Waals surface area contributed by atoms with E-state index < -0.39 is 0 Å². The van der Waals surface area contributed by atoms with Crippen molar-refractivity contribution in [1.82, 2.24) is 19.8 Å². The van der Waals surface area contributed by atoms with Gasteiger partial charge in [0, 0.05) is 24.4 Å². The summed E-state index contributed by atoms with van der Waals surface area (Å²) in [6.45, 7) is 0.766. The summed E-state index contributed by atoms with van der Waals surface area (Å²) >= 11 is 6.95. The van der Waals surface area contributed by atoms with Crippen molar-refractivity contribution in [3.63, 3.8) is 0 Å². The van der Waals surface area contributed by atoms with Crippen molar-refractivity contribution < 1.29 is 4.79 Å². The van der Waals surface area contributed by atoms with E-state index in [1.54, 1.807) is 17.4 Å². The number of nitrogens with one attached hydrogen (secondary N) is 2. The molecule has 1 amide bonds. The third kappa shape index (κ3) is 4.52. The van der Waals surface area contributed by atoms with Gasteiger partial charge in [-0.15, -0.1) is 11.3 Å². The van der Waals surface area contributed by atoms with Crippen LogP contribution in [0.25, 0.3) is 10.9 Å². The number of benzene rings is 1. The Morgan fingerprint density at radius 2 is 2.07 bits per heavy atom. The highest BCUT2D eigenvalue weighted by atomic mass is 32.1. The molecule has 2 N–H and O–H groups in total. The summed E-state index contributed by atoms with van der Waals surface area (Å²) in [7, 11) is 3.98. The van der Waals surface area contributed by atoms with E-state index in [1.807, 2.05) is 43.7 Å². The Kier molecular flexibility index (Phi) is 6.20. The summed E-state index contributed by atoms with van der Waals surface area (Å²) in [6, 6.07) is 11.4. The van der Waals surface area contributed by atoms with Crippen LogP contribution in [-0.2, 0) is 11.3 Å². The van der Waals surface area contributed by atoms with Gasteiger partial charge in [-0.2, -0.15) is 0 Å². The van der Waals surface area contributed by atoms with Crippen molar-refractivity contribution in [2.45, 2.75) is 19.0 Å². The van der Waals surface area contributed by atoms with Crippen LogP contribution in [0.1, 0.15) is 17.3 Å². The molecule has 2 aromatic heterocycles. The molecule has 1 atom stereocenters. The number of aromatic amines is 1. The minimum absolute atomic E-state index is 0.104. The van der Waals surface area contributed by atoms with Gasteiger partial charge in [-0.25, -0.2) is 0 Å². The van der Waals surface area contributed by atoms with Gasteiger partial charge in [0.15, 0.2) is 4.77 Å². The van der Waals surface area contributed by atoms with Gasteiger partial charge in [0.05, 0.1) is 16.9 Å². The van der Waals surface area contributed by atoms with E-state index >= 15 is 0 Å². The molecule has 27 heavy (non-hydrogen) atoms. The zero-order valence-corrected chi connectivity index (χ0v) is 16.9. The molecule has 0 saturated carbocycles. The van der Waals surface area contributed by atoms with Crippen LogP contribution in [0.4, 0.5) is 0 Å². The van der Waals surface area contributed by atoms with Crippen LogP contribution in [0.15, 0.2) is 46.6 Å². The monoisotopic (exact) mass is 402 g/mol. The lowest BCUT2D eigenvalue weighted by Gasteiger charge is -2.23. The molecule has 0 fully saturated rings. The first kappa shape index (κ1) is 19.5. The molecule has 1 unspecified atom stereocenters. The first-order valence-electron chi connectivity index (χ1n) is 8.65. The maximum Gasteiger partial charge on any atom is 0.262 e. The van der Waals surface area contributed by atoms with Gasteiger partial charge in [-0.05, 0) is 49.9 Å². The summed E-state index contributed by atoms with van der Waals surface area (Å²) in [5.74, 6) is -0.104. The average Bonchev–Trinajstić information content (AvgIpc) is 3.15. The number of aromatic nitrogens is 2. The smallest absolute Gasteiger partial charge is 0.262 e. The minimum Gasteiger partial charge on any atom is -0.354 e. The zero-order chi connectivity index (χ0) is 19.4. The van der Waals surface area contributed by atoms with Crippen molar-refractivity contribution in [3.05, 3.63) is 61.8 Å². The molecule has 1 aromatic carbocycles. The fourth-order valence-electron chi connectivity index (χ4n) is 2.93. The number of rotatable bonds is 7. The maximum absolute atomic E-state index is 12.6. The van der Waals surface area contributed by atoms with E-state index in [2.05, 4.69) is 21.3 Å². The largest absolute Gasteiger partial charge is 0.354 e. The summed E-state index contributed by atoms with van der Waals surface area (Å²) in [6.07, 6.45) is 0.195. The minimum atomic E-state index is -0.174. The van der Waals surface area contributed by atoms with E-state index in [9.17, 15) is 9.59 Å². The van der Waals surface area contributed by atoms with Crippen LogP contribution in [0.2, 0.25) is 0 Å². The van der Waals surface area contributed by atoms with Crippen LogP contribution in [0.5, 0.6) is 0 Å². The van der Waals surface area contributed by atoms with Crippen LogP contribution in [-0.4, -0.2) is 41.0 Å². The normalized spacial score (nSPS) is 12.4. The lowest BCUT2D eigenvalue weighted by atomic mass is 10.2. The number of hydrogen-bond donors (Lipinski definition) is 2. The highest BCUT2D eigenvalue weighted by molar-refractivity contribution is 7.71. The molecule has 3 rings (SSSR count). The number of thiophene rings is 1. The number of para-hydroxylation sites is 1. The molecule has 0 saturated heterocycles. The van der Waals surface area contributed by atoms with Gasteiger partial charge in [0.25, 0.3) is 5.56 Å². The van der Waals surface area contributed by atoms with Gasteiger partial charge >= 0.3 is 0 Å². The van der Waals surface area contributed by atoms with E-state index in [-0.39, 0.29) is 30.5 Å². The molecule has 6 nitrogen and oxygen atoms in total. The topological polar surface area (TPSA) is 70.1 Å². The highest BCUT2D eigenvalue weighted by Gasteiger charge is 2.16. The van der Waals surface area contributed by atoms with Gasteiger partial charge in [-0.3, -0.25) is 14.2 Å². The Morgan fingerprint density at radius 3 is 2.78 bits per heavy atom. The molecule has 0 spiro atoms. The highest BCUT2D eigenvalue weighted by Crippen LogP contribution is 2.22. The average molecular weight is 403 g/mol. The number of carbonyl (C=O) groups is 1. The first-order valence-corrected chi connectivity index (χ1v) is 9.94. The molecule has 3 aromatic rings. The van der Waals surface area contributed by atoms with Crippen molar-refractivity contribution in [2.24, 2.45) is 0 Å². The van der Waals surface area contributed by atoms with Crippen molar-refractivity contribution in [1.29, 1.82) is 0 Å². The Bertz CT molecular complexity index is 1040. The fourth-order valence-corrected chi connectivity index (χ4v) is 4.14. The molecule has 0 aliphatic heterocycles. The summed E-state index contributed by atoms with van der Waals surface area (Å²) in [5, 5.41) is 5.56. The quantitative estimate of drug-likeness (QED) is 0.596. The predicted molar refractivity (Wildman–Crippen MR) is 112 cm³/mol. The number of H-pyrrole nitrogens is 1. The summed E-state index contributed by atoms with van der Waals surface area (Å²) in [5.41, 5.74) is 0.532. The van der Waals surface area contributed by atoms with Crippen LogP contribution < -0.4 is 10.9 Å². The van der Waals surface area contributed by atoms with E-state index in [4.69, 9.17) is 12.2 Å². The lowest BCUT2D eigenvalue weighted by molar-refractivity contribution is -0.121. The fraction of sp³-hybridized carbons (Fsp3) is 0.316. The zero-order valence-electron chi connectivity index (χ0n) is 15.3. The number of likely N-dealkylation sites (N-methyl/N-ethyl adjacent to an activating group) is 1. The first-order chi connectivity index (χ1) is 13.0. The van der Waals surface area contributed by atoms with Gasteiger partial charge in [-0.1, -0.05) is 18.2 Å². The molecule has 0 aliphatic carbocycles. The number of carbonyl (C=O) groups excluding carboxylic acids is 1. The standard InChI is InChI=1S/C19H22N4O2S2/c1-22(2)15(16-8-5-11-27-16)12-20-17(24)9-10-23-18(25)13-6-3-4-7-14(13)21-19(23)26/h3-8,11,15H,9-10,12H2,1-2H3,(H,20,24)(H,21,26). The summed E-state index contributed by atoms with van der Waals surface area (Å²) < 4.78 is 1.77. The molecular weight excluding hydrogens is 380 g/mol. The van der Waals surface area contributed by atoms with Gasteiger partial charge in [0.1, 0.15) is 0 Å². The second-order valence-electron chi connectivity index (χ2n) is 6.48. The Labute approximate surface area is 166 Å². The van der Waals surface area contributed by atoms with Gasteiger partial charge < -0.3 is 15.2 Å². The second kappa shape index (κ2) is 8.60. The van der Waals surface area contributed by atoms with E-state index in [0.717, 1.165) is 0 Å². The molecule has 8 heteroatoms. The Balaban J connectivity index is 1.65. The molecule has 142 valence electrons. The number of nitrogens with zero attached hydrogens (tertiary/aromatic N) is 2. The maximum atomic E-state index is 12.6. The molecule has 0 bridgehead atoms. The number of fused-ring (bicyclic) bond motifs is 1. The van der Waals surface area contributed by atoms with Crippen LogP contribution in [0.3, 0.4) is 0 Å². The van der Waals surface area contributed by atoms with Crippen molar-refractivity contribution in [3.8, 4) is 0 Å². The molecule has 0 aliphatic rings. The van der Waals surface area contributed by atoms with Crippen LogP contribution in [0, 0.1) is 4.77 Å².